The maximum absolute atomic E-state index is 10.5. The van der Waals surface area contributed by atoms with E-state index in [1.54, 1.807) is 24.3 Å². The summed E-state index contributed by atoms with van der Waals surface area (Å²) < 4.78 is 0. The van der Waals surface area contributed by atoms with Gasteiger partial charge in [-0.2, -0.15) is 0 Å². The topological polar surface area (TPSA) is 108 Å². The smallest absolute Gasteiger partial charge is 0.185 e. The summed E-state index contributed by atoms with van der Waals surface area (Å²) in [5.74, 6) is 0.316. The number of rotatable bonds is 5. The van der Waals surface area contributed by atoms with Crippen LogP contribution in [0.1, 0.15) is 18.1 Å². The Morgan fingerprint density at radius 3 is 2.36 bits per heavy atom. The molecule has 126 valence electrons. The van der Waals surface area contributed by atoms with Gasteiger partial charge in [0.05, 0.1) is 0 Å². The molecular formula is C19H19N5O. The molecule has 0 radical (unpaired) electrons. The number of aromatic nitrogens is 2. The van der Waals surface area contributed by atoms with Crippen molar-refractivity contribution in [3.05, 3.63) is 66.0 Å². The molecule has 0 aliphatic rings. The minimum Gasteiger partial charge on any atom is -0.503 e. The number of aryl methyl sites for hydroxylation is 1. The highest BCUT2D eigenvalue weighted by Crippen LogP contribution is 2.33. The van der Waals surface area contributed by atoms with Gasteiger partial charge in [-0.1, -0.05) is 31.2 Å². The van der Waals surface area contributed by atoms with Gasteiger partial charge in [0.15, 0.2) is 11.6 Å². The Balaban J connectivity index is 1.88. The van der Waals surface area contributed by atoms with E-state index < -0.39 is 0 Å². The zero-order valence-corrected chi connectivity index (χ0v) is 13.8. The van der Waals surface area contributed by atoms with Gasteiger partial charge in [-0.15, -0.1) is 0 Å². The van der Waals surface area contributed by atoms with Crippen LogP contribution in [-0.4, -0.2) is 20.9 Å². The van der Waals surface area contributed by atoms with Crippen molar-refractivity contribution < 1.29 is 5.11 Å². The molecule has 0 bridgehead atoms. The number of amidine groups is 1. The van der Waals surface area contributed by atoms with E-state index in [0.717, 1.165) is 17.7 Å². The van der Waals surface area contributed by atoms with Gasteiger partial charge >= 0.3 is 0 Å². The van der Waals surface area contributed by atoms with Gasteiger partial charge in [0.2, 0.25) is 0 Å². The van der Waals surface area contributed by atoms with Gasteiger partial charge in [-0.05, 0) is 36.2 Å². The second kappa shape index (κ2) is 7.00. The summed E-state index contributed by atoms with van der Waals surface area (Å²) in [7, 11) is 0. The molecule has 0 saturated heterocycles. The number of hydrogen-bond donors (Lipinski definition) is 4. The molecule has 0 atom stereocenters. The van der Waals surface area contributed by atoms with E-state index in [1.165, 1.54) is 11.9 Å². The van der Waals surface area contributed by atoms with E-state index >= 15 is 0 Å². The van der Waals surface area contributed by atoms with E-state index in [9.17, 15) is 5.11 Å². The normalized spacial score (nSPS) is 10.4. The van der Waals surface area contributed by atoms with Crippen molar-refractivity contribution in [2.24, 2.45) is 5.73 Å². The van der Waals surface area contributed by atoms with Gasteiger partial charge in [0.1, 0.15) is 17.9 Å². The number of hydrogen-bond acceptors (Lipinski definition) is 5. The van der Waals surface area contributed by atoms with Crippen LogP contribution < -0.4 is 11.1 Å². The summed E-state index contributed by atoms with van der Waals surface area (Å²) in [5.41, 5.74) is 9.33. The van der Waals surface area contributed by atoms with E-state index in [0.29, 0.717) is 17.1 Å². The fraction of sp³-hybridized carbons (Fsp3) is 0.105. The largest absolute Gasteiger partial charge is 0.503 e. The van der Waals surface area contributed by atoms with Crippen LogP contribution in [-0.2, 0) is 6.42 Å². The zero-order valence-electron chi connectivity index (χ0n) is 13.8. The first-order valence-corrected chi connectivity index (χ1v) is 7.93. The Labute approximate surface area is 145 Å². The van der Waals surface area contributed by atoms with Crippen molar-refractivity contribution in [1.82, 2.24) is 9.97 Å². The average Bonchev–Trinajstić information content (AvgIpc) is 2.64. The average molecular weight is 333 g/mol. The molecule has 0 aliphatic carbocycles. The van der Waals surface area contributed by atoms with Crippen molar-refractivity contribution in [2.45, 2.75) is 13.3 Å². The molecule has 2 aromatic carbocycles. The molecule has 0 unspecified atom stereocenters. The molecule has 0 spiro atoms. The highest BCUT2D eigenvalue weighted by molar-refractivity contribution is 5.95. The molecule has 0 saturated carbocycles. The molecule has 6 nitrogen and oxygen atoms in total. The van der Waals surface area contributed by atoms with Crippen LogP contribution in [0.3, 0.4) is 0 Å². The molecule has 25 heavy (non-hydrogen) atoms. The molecular weight excluding hydrogens is 314 g/mol. The second-order valence-electron chi connectivity index (χ2n) is 5.59. The summed E-state index contributed by atoms with van der Waals surface area (Å²) in [6.07, 6.45) is 2.37. The summed E-state index contributed by atoms with van der Waals surface area (Å²) in [6, 6.07) is 14.9. The van der Waals surface area contributed by atoms with Crippen LogP contribution in [0.25, 0.3) is 11.3 Å². The molecule has 1 aromatic heterocycles. The molecule has 3 rings (SSSR count). The number of benzene rings is 2. The lowest BCUT2D eigenvalue weighted by molar-refractivity contribution is 0.475. The summed E-state index contributed by atoms with van der Waals surface area (Å²) in [6.45, 7) is 2.09. The van der Waals surface area contributed by atoms with Crippen molar-refractivity contribution in [3.8, 4) is 17.0 Å². The van der Waals surface area contributed by atoms with Crippen LogP contribution in [0.5, 0.6) is 5.75 Å². The van der Waals surface area contributed by atoms with Crippen LogP contribution >= 0.6 is 0 Å². The lowest BCUT2D eigenvalue weighted by Gasteiger charge is -2.11. The first-order chi connectivity index (χ1) is 12.1. The number of aromatic hydroxyl groups is 1. The maximum atomic E-state index is 10.5. The Morgan fingerprint density at radius 2 is 1.76 bits per heavy atom. The van der Waals surface area contributed by atoms with Crippen LogP contribution in [0.4, 0.5) is 11.5 Å². The summed E-state index contributed by atoms with van der Waals surface area (Å²) in [5, 5.41) is 21.0. The van der Waals surface area contributed by atoms with Crippen LogP contribution in [0.15, 0.2) is 54.9 Å². The minimum absolute atomic E-state index is 0.00856. The predicted molar refractivity (Wildman–Crippen MR) is 99.3 cm³/mol. The van der Waals surface area contributed by atoms with Crippen LogP contribution in [0, 0.1) is 5.41 Å². The Morgan fingerprint density at radius 1 is 1.08 bits per heavy atom. The number of nitrogens with zero attached hydrogens (tertiary/aromatic N) is 2. The van der Waals surface area contributed by atoms with Gasteiger partial charge in [-0.3, -0.25) is 5.41 Å². The SMILES string of the molecule is CCc1ccc(-c2ncnc(Nc3ccc(C(=N)N)cc3)c2O)cc1. The van der Waals surface area contributed by atoms with Gasteiger partial charge < -0.3 is 16.2 Å². The highest BCUT2D eigenvalue weighted by Gasteiger charge is 2.12. The second-order valence-corrected chi connectivity index (χ2v) is 5.59. The fourth-order valence-electron chi connectivity index (χ4n) is 2.45. The van der Waals surface area contributed by atoms with Crippen molar-refractivity contribution in [1.29, 1.82) is 5.41 Å². The van der Waals surface area contributed by atoms with Gasteiger partial charge in [0, 0.05) is 16.8 Å². The molecule has 0 aliphatic heterocycles. The summed E-state index contributed by atoms with van der Waals surface area (Å²) >= 11 is 0. The van der Waals surface area contributed by atoms with E-state index in [1.807, 2.05) is 24.3 Å². The van der Waals surface area contributed by atoms with Crippen molar-refractivity contribution in [3.63, 3.8) is 0 Å². The Hall–Kier alpha value is -3.41. The Kier molecular flexibility index (Phi) is 4.61. The third-order valence-electron chi connectivity index (χ3n) is 3.92. The van der Waals surface area contributed by atoms with E-state index in [-0.39, 0.29) is 11.6 Å². The number of nitrogen functional groups attached to an aromatic ring is 1. The first kappa shape index (κ1) is 16.4. The third kappa shape index (κ3) is 3.58. The number of nitrogens with two attached hydrogens (primary N) is 1. The molecule has 6 heteroatoms. The number of anilines is 2. The Bertz CT molecular complexity index is 889. The standard InChI is InChI=1S/C19H19N5O/c1-2-12-3-5-13(6-4-12)16-17(25)19(23-11-22-16)24-15-9-7-14(8-10-15)18(20)21/h3-11,25H,2H2,1H3,(H3,20,21)(H,22,23,24). The van der Waals surface area contributed by atoms with Crippen molar-refractivity contribution in [2.75, 3.05) is 5.32 Å². The lowest BCUT2D eigenvalue weighted by atomic mass is 10.1. The predicted octanol–water partition coefficient (Wildman–Crippen LogP) is 3.44. The fourth-order valence-corrected chi connectivity index (χ4v) is 2.45. The lowest BCUT2D eigenvalue weighted by Crippen LogP contribution is -2.10. The van der Waals surface area contributed by atoms with E-state index in [2.05, 4.69) is 22.2 Å². The third-order valence-corrected chi connectivity index (χ3v) is 3.92. The van der Waals surface area contributed by atoms with E-state index in [4.69, 9.17) is 11.1 Å². The summed E-state index contributed by atoms with van der Waals surface area (Å²) in [4.78, 5) is 8.31. The highest BCUT2D eigenvalue weighted by atomic mass is 16.3. The minimum atomic E-state index is -0.0117. The molecule has 0 amide bonds. The monoisotopic (exact) mass is 333 g/mol. The maximum Gasteiger partial charge on any atom is 0.185 e. The van der Waals surface area contributed by atoms with Gasteiger partial charge in [-0.25, -0.2) is 9.97 Å². The molecule has 5 N–H and O–H groups in total. The number of nitrogens with one attached hydrogen (secondary N) is 2. The molecule has 0 fully saturated rings. The first-order valence-electron chi connectivity index (χ1n) is 7.93. The van der Waals surface area contributed by atoms with Crippen LogP contribution in [0.2, 0.25) is 0 Å². The van der Waals surface area contributed by atoms with Crippen molar-refractivity contribution >= 4 is 17.3 Å². The molecule has 3 aromatic rings. The quantitative estimate of drug-likeness (QED) is 0.422. The molecule has 1 heterocycles. The van der Waals surface area contributed by atoms with Gasteiger partial charge in [0.25, 0.3) is 0 Å². The zero-order chi connectivity index (χ0) is 17.8.